The molecule has 1 aliphatic rings. The lowest BCUT2D eigenvalue weighted by Gasteiger charge is -2.30. The summed E-state index contributed by atoms with van der Waals surface area (Å²) in [6.45, 7) is 5.25. The van der Waals surface area contributed by atoms with Crippen molar-refractivity contribution in [1.82, 2.24) is 5.32 Å². The quantitative estimate of drug-likeness (QED) is 0.779. The van der Waals surface area contributed by atoms with Crippen molar-refractivity contribution in [2.75, 3.05) is 31.1 Å². The van der Waals surface area contributed by atoms with Crippen molar-refractivity contribution < 1.29 is 13.2 Å². The smallest absolute Gasteiger partial charge is 0.194 e. The molecule has 0 spiro atoms. The Hall–Kier alpha value is -1.23. The Morgan fingerprint density at radius 1 is 1.22 bits per heavy atom. The van der Waals surface area contributed by atoms with Crippen LogP contribution in [0.3, 0.4) is 0 Å². The van der Waals surface area contributed by atoms with Crippen LogP contribution >= 0.6 is 0 Å². The molecule has 1 unspecified atom stereocenters. The minimum absolute atomic E-state index is 0.376. The lowest BCUT2D eigenvalue weighted by Crippen LogP contribution is -2.38. The van der Waals surface area contributed by atoms with Gasteiger partial charge in [-0.25, -0.2) is 13.2 Å². The summed E-state index contributed by atoms with van der Waals surface area (Å²) in [6, 6.07) is 2.14. The van der Waals surface area contributed by atoms with Gasteiger partial charge in [0.2, 0.25) is 0 Å². The molecule has 100 valence electrons. The second kappa shape index (κ2) is 5.61. The maximum absolute atomic E-state index is 13.2. The van der Waals surface area contributed by atoms with Crippen LogP contribution in [0.4, 0.5) is 18.9 Å². The van der Waals surface area contributed by atoms with Crippen LogP contribution < -0.4 is 10.2 Å². The molecule has 2 nitrogen and oxygen atoms in total. The lowest BCUT2D eigenvalue weighted by molar-refractivity contribution is 0.442. The molecule has 0 radical (unpaired) electrons. The second-order valence-corrected chi connectivity index (χ2v) is 4.83. The van der Waals surface area contributed by atoms with E-state index in [1.165, 1.54) is 0 Å². The first-order valence-corrected chi connectivity index (χ1v) is 6.18. The zero-order valence-corrected chi connectivity index (χ0v) is 10.3. The number of nitrogens with zero attached hydrogens (tertiary/aromatic N) is 1. The Bertz CT molecular complexity index is 400. The molecule has 18 heavy (non-hydrogen) atoms. The summed E-state index contributed by atoms with van der Waals surface area (Å²) >= 11 is 0. The van der Waals surface area contributed by atoms with E-state index in [0.717, 1.165) is 31.6 Å². The van der Waals surface area contributed by atoms with E-state index in [-0.39, 0.29) is 0 Å². The zero-order chi connectivity index (χ0) is 13.1. The molecule has 5 heteroatoms. The summed E-state index contributed by atoms with van der Waals surface area (Å²) in [7, 11) is 0. The van der Waals surface area contributed by atoms with E-state index in [0.29, 0.717) is 24.7 Å². The van der Waals surface area contributed by atoms with Crippen molar-refractivity contribution in [3.8, 4) is 0 Å². The first-order chi connectivity index (χ1) is 8.58. The molecule has 1 aromatic carbocycles. The predicted octanol–water partition coefficient (Wildman–Crippen LogP) is 2.54. The highest BCUT2D eigenvalue weighted by molar-refractivity contribution is 5.47. The SMILES string of the molecule is CC1CNCCCN(c2cc(F)c(F)c(F)c2)C1. The van der Waals surface area contributed by atoms with Crippen LogP contribution in [0.2, 0.25) is 0 Å². The molecule has 2 rings (SSSR count). The van der Waals surface area contributed by atoms with Crippen molar-refractivity contribution in [3.63, 3.8) is 0 Å². The standard InChI is InChI=1S/C13H17F3N2/c1-9-7-17-3-2-4-18(8-9)10-5-11(14)13(16)12(15)6-10/h5-6,9,17H,2-4,7-8H2,1H3. The lowest BCUT2D eigenvalue weighted by atomic mass is 10.1. The molecule has 0 bridgehead atoms. The van der Waals surface area contributed by atoms with Gasteiger partial charge in [0.25, 0.3) is 0 Å². The van der Waals surface area contributed by atoms with Gasteiger partial charge in [0.1, 0.15) is 0 Å². The highest BCUT2D eigenvalue weighted by atomic mass is 19.2. The van der Waals surface area contributed by atoms with Crippen LogP contribution in [0.25, 0.3) is 0 Å². The number of hydrogen-bond donors (Lipinski definition) is 1. The van der Waals surface area contributed by atoms with Gasteiger partial charge >= 0.3 is 0 Å². The Balaban J connectivity index is 2.22. The largest absolute Gasteiger partial charge is 0.371 e. The molecule has 1 N–H and O–H groups in total. The van der Waals surface area contributed by atoms with Crippen molar-refractivity contribution in [3.05, 3.63) is 29.6 Å². The number of rotatable bonds is 1. The Kier molecular flexibility index (Phi) is 4.11. The van der Waals surface area contributed by atoms with Gasteiger partial charge in [-0.3, -0.25) is 0 Å². The first-order valence-electron chi connectivity index (χ1n) is 6.18. The maximum Gasteiger partial charge on any atom is 0.194 e. The van der Waals surface area contributed by atoms with Crippen molar-refractivity contribution in [2.45, 2.75) is 13.3 Å². The Morgan fingerprint density at radius 3 is 2.56 bits per heavy atom. The predicted molar refractivity (Wildman–Crippen MR) is 65.2 cm³/mol. The molecule has 0 saturated carbocycles. The van der Waals surface area contributed by atoms with E-state index < -0.39 is 17.5 Å². The molecule has 0 amide bonds. The normalized spacial score (nSPS) is 21.6. The van der Waals surface area contributed by atoms with Crippen LogP contribution in [0.1, 0.15) is 13.3 Å². The molecule has 1 atom stereocenters. The summed E-state index contributed by atoms with van der Waals surface area (Å²) in [5.41, 5.74) is 0.417. The molecular weight excluding hydrogens is 241 g/mol. The number of nitrogens with one attached hydrogen (secondary N) is 1. The summed E-state index contributed by atoms with van der Waals surface area (Å²) in [4.78, 5) is 1.91. The maximum atomic E-state index is 13.2. The number of benzene rings is 1. The van der Waals surface area contributed by atoms with Gasteiger partial charge in [-0.1, -0.05) is 6.92 Å². The minimum atomic E-state index is -1.40. The van der Waals surface area contributed by atoms with Crippen LogP contribution in [0.15, 0.2) is 12.1 Å². The van der Waals surface area contributed by atoms with Gasteiger partial charge in [0, 0.05) is 30.9 Å². The van der Waals surface area contributed by atoms with Crippen LogP contribution in [-0.4, -0.2) is 26.2 Å². The minimum Gasteiger partial charge on any atom is -0.371 e. The van der Waals surface area contributed by atoms with E-state index in [1.807, 2.05) is 4.90 Å². The second-order valence-electron chi connectivity index (χ2n) is 4.83. The molecule has 1 heterocycles. The van der Waals surface area contributed by atoms with Gasteiger partial charge in [0.05, 0.1) is 0 Å². The fourth-order valence-electron chi connectivity index (χ4n) is 2.23. The van der Waals surface area contributed by atoms with Gasteiger partial charge in [-0.05, 0) is 25.4 Å². The van der Waals surface area contributed by atoms with Crippen molar-refractivity contribution in [2.24, 2.45) is 5.92 Å². The molecule has 0 aromatic heterocycles. The molecule has 1 aliphatic heterocycles. The monoisotopic (exact) mass is 258 g/mol. The molecule has 1 saturated heterocycles. The van der Waals surface area contributed by atoms with E-state index in [9.17, 15) is 13.2 Å². The van der Waals surface area contributed by atoms with Crippen molar-refractivity contribution in [1.29, 1.82) is 0 Å². The van der Waals surface area contributed by atoms with Gasteiger partial charge in [0.15, 0.2) is 17.5 Å². The van der Waals surface area contributed by atoms with E-state index in [1.54, 1.807) is 0 Å². The van der Waals surface area contributed by atoms with Gasteiger partial charge in [-0.2, -0.15) is 0 Å². The zero-order valence-electron chi connectivity index (χ0n) is 10.3. The summed E-state index contributed by atoms with van der Waals surface area (Å²) in [6.07, 6.45) is 0.896. The molecule has 1 fully saturated rings. The van der Waals surface area contributed by atoms with Gasteiger partial charge < -0.3 is 10.2 Å². The summed E-state index contributed by atoms with van der Waals surface area (Å²) in [5.74, 6) is -3.28. The molecule has 1 aromatic rings. The molecule has 0 aliphatic carbocycles. The van der Waals surface area contributed by atoms with E-state index in [2.05, 4.69) is 12.2 Å². The van der Waals surface area contributed by atoms with Crippen LogP contribution in [-0.2, 0) is 0 Å². The third-order valence-corrected chi connectivity index (χ3v) is 3.14. The Morgan fingerprint density at radius 2 is 1.89 bits per heavy atom. The highest BCUT2D eigenvalue weighted by Crippen LogP contribution is 2.22. The highest BCUT2D eigenvalue weighted by Gasteiger charge is 2.17. The average molecular weight is 258 g/mol. The van der Waals surface area contributed by atoms with Crippen LogP contribution in [0.5, 0.6) is 0 Å². The third-order valence-electron chi connectivity index (χ3n) is 3.14. The van der Waals surface area contributed by atoms with E-state index >= 15 is 0 Å². The average Bonchev–Trinajstić information content (AvgIpc) is 2.30. The number of halogens is 3. The first kappa shape index (κ1) is 13.2. The van der Waals surface area contributed by atoms with Crippen molar-refractivity contribution >= 4 is 5.69 Å². The van der Waals surface area contributed by atoms with E-state index in [4.69, 9.17) is 0 Å². The van der Waals surface area contributed by atoms with Crippen LogP contribution in [0, 0.1) is 23.4 Å². The fraction of sp³-hybridized carbons (Fsp3) is 0.538. The van der Waals surface area contributed by atoms with Gasteiger partial charge in [-0.15, -0.1) is 0 Å². The molecular formula is C13H17F3N2. The summed E-state index contributed by atoms with van der Waals surface area (Å²) in [5, 5.41) is 3.31. The third kappa shape index (κ3) is 2.96. The fourth-order valence-corrected chi connectivity index (χ4v) is 2.23. The number of hydrogen-bond acceptors (Lipinski definition) is 2. The summed E-state index contributed by atoms with van der Waals surface area (Å²) < 4.78 is 39.4. The topological polar surface area (TPSA) is 15.3 Å². The Labute approximate surface area is 105 Å². The number of anilines is 1.